The number of aromatic nitrogens is 2. The molecule has 1 aliphatic rings. The maximum Gasteiger partial charge on any atom is 0.259 e. The number of H-pyrrole nitrogens is 1. The average molecular weight is 385 g/mol. The molecule has 3 aromatic rings. The predicted octanol–water partition coefficient (Wildman–Crippen LogP) is 4.22. The van der Waals surface area contributed by atoms with Crippen LogP contribution in [0.4, 0.5) is 5.69 Å². The van der Waals surface area contributed by atoms with Crippen molar-refractivity contribution in [3.63, 3.8) is 0 Å². The highest BCUT2D eigenvalue weighted by molar-refractivity contribution is 7.18. The molecular formula is C20H23N3O3S. The van der Waals surface area contributed by atoms with E-state index in [0.29, 0.717) is 18.3 Å². The van der Waals surface area contributed by atoms with E-state index in [1.54, 1.807) is 11.3 Å². The largest absolute Gasteiger partial charge is 0.454 e. The molecule has 0 saturated carbocycles. The van der Waals surface area contributed by atoms with Crippen LogP contribution in [0.5, 0.6) is 11.5 Å². The number of ether oxygens (including phenoxy) is 2. The molecule has 0 aliphatic carbocycles. The Balaban J connectivity index is 1.57. The van der Waals surface area contributed by atoms with Crippen molar-refractivity contribution < 1.29 is 9.47 Å². The fraction of sp³-hybridized carbons (Fsp3) is 0.400. The monoisotopic (exact) mass is 385 g/mol. The summed E-state index contributed by atoms with van der Waals surface area (Å²) >= 11 is 1.60. The molecule has 0 spiro atoms. The van der Waals surface area contributed by atoms with E-state index < -0.39 is 0 Å². The van der Waals surface area contributed by atoms with Crippen LogP contribution in [0.25, 0.3) is 10.2 Å². The summed E-state index contributed by atoms with van der Waals surface area (Å²) in [5.41, 5.74) is 1.99. The normalized spacial score (nSPS) is 13.9. The fourth-order valence-electron chi connectivity index (χ4n) is 3.23. The second-order valence-corrected chi connectivity index (χ2v) is 8.17. The van der Waals surface area contributed by atoms with Gasteiger partial charge in [0.15, 0.2) is 11.5 Å². The lowest BCUT2D eigenvalue weighted by atomic mass is 9.98. The first-order valence-electron chi connectivity index (χ1n) is 9.19. The van der Waals surface area contributed by atoms with Crippen LogP contribution in [0, 0.1) is 12.8 Å². The number of aromatic amines is 1. The predicted molar refractivity (Wildman–Crippen MR) is 108 cm³/mol. The highest BCUT2D eigenvalue weighted by Gasteiger charge is 2.17. The van der Waals surface area contributed by atoms with Crippen LogP contribution in [0.3, 0.4) is 0 Å². The van der Waals surface area contributed by atoms with Crippen molar-refractivity contribution in [1.29, 1.82) is 0 Å². The minimum absolute atomic E-state index is 0.0508. The number of fused-ring (bicyclic) bond motifs is 2. The molecule has 7 heteroatoms. The number of aryl methyl sites for hydroxylation is 1. The van der Waals surface area contributed by atoms with Gasteiger partial charge in [-0.2, -0.15) is 0 Å². The van der Waals surface area contributed by atoms with Crippen LogP contribution in [0.2, 0.25) is 0 Å². The van der Waals surface area contributed by atoms with Gasteiger partial charge in [0.05, 0.1) is 11.9 Å². The van der Waals surface area contributed by atoms with Gasteiger partial charge >= 0.3 is 0 Å². The van der Waals surface area contributed by atoms with Crippen LogP contribution >= 0.6 is 11.3 Å². The van der Waals surface area contributed by atoms with Gasteiger partial charge in [0, 0.05) is 16.6 Å². The molecule has 1 atom stereocenters. The van der Waals surface area contributed by atoms with Crippen LogP contribution in [-0.4, -0.2) is 16.8 Å². The molecule has 0 fully saturated rings. The molecule has 4 rings (SSSR count). The van der Waals surface area contributed by atoms with E-state index in [1.807, 2.05) is 18.2 Å². The quantitative estimate of drug-likeness (QED) is 0.664. The van der Waals surface area contributed by atoms with Crippen molar-refractivity contribution >= 4 is 27.2 Å². The van der Waals surface area contributed by atoms with Gasteiger partial charge in [-0.15, -0.1) is 11.3 Å². The summed E-state index contributed by atoms with van der Waals surface area (Å²) in [6.07, 6.45) is 2.02. The van der Waals surface area contributed by atoms with Crippen molar-refractivity contribution in [2.75, 3.05) is 12.1 Å². The van der Waals surface area contributed by atoms with E-state index >= 15 is 0 Å². The molecule has 0 radical (unpaired) electrons. The first kappa shape index (κ1) is 17.9. The minimum atomic E-state index is -0.0508. The molecule has 1 aromatic carbocycles. The number of hydrogen-bond acceptors (Lipinski definition) is 6. The smallest absolute Gasteiger partial charge is 0.259 e. The maximum absolute atomic E-state index is 12.7. The molecule has 1 aliphatic heterocycles. The molecule has 2 aromatic heterocycles. The summed E-state index contributed by atoms with van der Waals surface area (Å²) in [6.45, 7) is 7.16. The number of thiophene rings is 1. The molecule has 142 valence electrons. The van der Waals surface area contributed by atoms with E-state index in [4.69, 9.17) is 9.47 Å². The van der Waals surface area contributed by atoms with Crippen molar-refractivity contribution in [3.05, 3.63) is 44.8 Å². The molecule has 27 heavy (non-hydrogen) atoms. The highest BCUT2D eigenvalue weighted by atomic mass is 32.1. The number of hydrogen-bond donors (Lipinski definition) is 2. The first-order chi connectivity index (χ1) is 13.0. The lowest BCUT2D eigenvalue weighted by Crippen LogP contribution is -2.15. The van der Waals surface area contributed by atoms with Crippen molar-refractivity contribution in [2.24, 2.45) is 5.92 Å². The van der Waals surface area contributed by atoms with Crippen molar-refractivity contribution in [3.8, 4) is 11.5 Å². The van der Waals surface area contributed by atoms with Crippen LogP contribution in [0.15, 0.2) is 23.0 Å². The van der Waals surface area contributed by atoms with E-state index in [1.165, 1.54) is 4.88 Å². The molecule has 0 saturated heterocycles. The number of nitrogens with one attached hydrogen (secondary N) is 2. The number of rotatable bonds is 6. The lowest BCUT2D eigenvalue weighted by molar-refractivity contribution is 0.174. The number of nitrogens with zero attached hydrogens (tertiary/aromatic N) is 1. The summed E-state index contributed by atoms with van der Waals surface area (Å²) in [6, 6.07) is 5.68. The Bertz CT molecular complexity index is 1040. The Morgan fingerprint density at radius 3 is 2.96 bits per heavy atom. The Labute approximate surface area is 161 Å². The SMILES string of the molecule is CC[C@@H](C)Cc1c(C)sc2nc(CNc3ccc4c(c3)OCO4)[nH]c(=O)c12. The van der Waals surface area contributed by atoms with E-state index in [9.17, 15) is 4.79 Å². The van der Waals surface area contributed by atoms with Gasteiger partial charge in [0.1, 0.15) is 10.7 Å². The molecule has 2 N–H and O–H groups in total. The molecule has 6 nitrogen and oxygen atoms in total. The van der Waals surface area contributed by atoms with Crippen molar-refractivity contribution in [1.82, 2.24) is 9.97 Å². The third kappa shape index (κ3) is 3.51. The number of benzene rings is 1. The fourth-order valence-corrected chi connectivity index (χ4v) is 4.31. The maximum atomic E-state index is 12.7. The summed E-state index contributed by atoms with van der Waals surface area (Å²) in [5.74, 6) is 2.65. The Morgan fingerprint density at radius 1 is 1.33 bits per heavy atom. The zero-order chi connectivity index (χ0) is 19.0. The van der Waals surface area contributed by atoms with Crippen LogP contribution in [-0.2, 0) is 13.0 Å². The lowest BCUT2D eigenvalue weighted by Gasteiger charge is -2.09. The molecule has 0 amide bonds. The van der Waals surface area contributed by atoms with Gasteiger partial charge in [-0.1, -0.05) is 20.3 Å². The van der Waals surface area contributed by atoms with Gasteiger partial charge in [-0.25, -0.2) is 4.98 Å². The third-order valence-corrected chi connectivity index (χ3v) is 6.04. The molecule has 0 unspecified atom stereocenters. The zero-order valence-corrected chi connectivity index (χ0v) is 16.5. The minimum Gasteiger partial charge on any atom is -0.454 e. The van der Waals surface area contributed by atoms with E-state index in [2.05, 4.69) is 36.1 Å². The van der Waals surface area contributed by atoms with Crippen molar-refractivity contribution in [2.45, 2.75) is 40.2 Å². The molecule has 0 bridgehead atoms. The Hall–Kier alpha value is -2.54. The Morgan fingerprint density at radius 2 is 2.15 bits per heavy atom. The van der Waals surface area contributed by atoms with Gasteiger partial charge in [0.2, 0.25) is 6.79 Å². The summed E-state index contributed by atoms with van der Waals surface area (Å²) in [5, 5.41) is 4.04. The zero-order valence-electron chi connectivity index (χ0n) is 15.7. The van der Waals surface area contributed by atoms with Crippen LogP contribution < -0.4 is 20.3 Å². The van der Waals surface area contributed by atoms with Gasteiger partial charge < -0.3 is 19.8 Å². The summed E-state index contributed by atoms with van der Waals surface area (Å²) in [4.78, 5) is 22.3. The average Bonchev–Trinajstić information content (AvgIpc) is 3.24. The van der Waals surface area contributed by atoms with E-state index in [-0.39, 0.29) is 12.4 Å². The standard InChI is InChI=1S/C20H23N3O3S/c1-4-11(2)7-14-12(3)27-20-18(14)19(24)22-17(23-20)9-21-13-5-6-15-16(8-13)26-10-25-15/h5-6,8,11,21H,4,7,9-10H2,1-3H3,(H,22,23,24)/t11-/m1/s1. The topological polar surface area (TPSA) is 76.2 Å². The van der Waals surface area contributed by atoms with Gasteiger partial charge in [-0.3, -0.25) is 4.79 Å². The van der Waals surface area contributed by atoms with Gasteiger partial charge in [0.25, 0.3) is 5.56 Å². The third-order valence-electron chi connectivity index (χ3n) is 4.99. The highest BCUT2D eigenvalue weighted by Crippen LogP contribution is 2.34. The Kier molecular flexibility index (Phi) is 4.78. The molecular weight excluding hydrogens is 362 g/mol. The first-order valence-corrected chi connectivity index (χ1v) is 10.0. The number of anilines is 1. The molecule has 3 heterocycles. The van der Waals surface area contributed by atoms with Gasteiger partial charge in [-0.05, 0) is 37.0 Å². The second-order valence-electron chi connectivity index (χ2n) is 6.97. The second kappa shape index (κ2) is 7.23. The summed E-state index contributed by atoms with van der Waals surface area (Å²) < 4.78 is 10.7. The summed E-state index contributed by atoms with van der Waals surface area (Å²) in [7, 11) is 0. The van der Waals surface area contributed by atoms with Crippen LogP contribution in [0.1, 0.15) is 36.5 Å². The van der Waals surface area contributed by atoms with E-state index in [0.717, 1.165) is 45.8 Å².